The second-order valence-corrected chi connectivity index (χ2v) is 6.72. The number of nitrogens with one attached hydrogen (secondary N) is 1. The second kappa shape index (κ2) is 8.80. The van der Waals surface area contributed by atoms with Gasteiger partial charge in [0, 0.05) is 18.5 Å². The summed E-state index contributed by atoms with van der Waals surface area (Å²) in [5.41, 5.74) is 1.43. The highest BCUT2D eigenvalue weighted by atomic mass is 16.2. The number of amides is 1. The molecule has 1 N–H and O–H groups in total. The Kier molecular flexibility index (Phi) is 6.75. The molecule has 1 aromatic carbocycles. The molecule has 1 heterocycles. The standard InChI is InChI=1S/C18H29N5O/c1-21(2)11-7-13-23(14-8-12-22(3)4)18(24)17-15-9-5-6-10-16(15)19-20-17/h5-6,9-10H,7-8,11-14H2,1-4H3,(H,19,20). The summed E-state index contributed by atoms with van der Waals surface area (Å²) >= 11 is 0. The first-order valence-electron chi connectivity index (χ1n) is 8.51. The normalized spacial score (nSPS) is 11.6. The van der Waals surface area contributed by atoms with Gasteiger partial charge < -0.3 is 14.7 Å². The lowest BCUT2D eigenvalue weighted by molar-refractivity contribution is 0.0740. The summed E-state index contributed by atoms with van der Waals surface area (Å²) in [7, 11) is 8.22. The van der Waals surface area contributed by atoms with Crippen molar-refractivity contribution in [3.8, 4) is 0 Å². The van der Waals surface area contributed by atoms with Crippen LogP contribution in [0.1, 0.15) is 23.3 Å². The van der Waals surface area contributed by atoms with E-state index in [-0.39, 0.29) is 5.91 Å². The van der Waals surface area contributed by atoms with Crippen molar-refractivity contribution in [3.63, 3.8) is 0 Å². The zero-order chi connectivity index (χ0) is 17.5. The molecule has 0 saturated carbocycles. The number of carbonyl (C=O) groups excluding carboxylic acids is 1. The van der Waals surface area contributed by atoms with Crippen LogP contribution in [0, 0.1) is 0 Å². The number of para-hydroxylation sites is 1. The van der Waals surface area contributed by atoms with Gasteiger partial charge >= 0.3 is 0 Å². The average molecular weight is 331 g/mol. The number of rotatable bonds is 9. The fourth-order valence-electron chi connectivity index (χ4n) is 2.75. The molecule has 2 aromatic rings. The van der Waals surface area contributed by atoms with Gasteiger partial charge in [-0.25, -0.2) is 0 Å². The fourth-order valence-corrected chi connectivity index (χ4v) is 2.75. The van der Waals surface area contributed by atoms with E-state index in [2.05, 4.69) is 48.2 Å². The zero-order valence-electron chi connectivity index (χ0n) is 15.2. The van der Waals surface area contributed by atoms with E-state index in [1.807, 2.05) is 29.2 Å². The summed E-state index contributed by atoms with van der Waals surface area (Å²) in [6, 6.07) is 7.78. The number of aromatic nitrogens is 2. The van der Waals surface area contributed by atoms with Crippen LogP contribution >= 0.6 is 0 Å². The predicted molar refractivity (Wildman–Crippen MR) is 98.3 cm³/mol. The van der Waals surface area contributed by atoms with Gasteiger partial charge in [0.25, 0.3) is 5.91 Å². The summed E-state index contributed by atoms with van der Waals surface area (Å²) in [6.07, 6.45) is 1.92. The van der Waals surface area contributed by atoms with Gasteiger partial charge in [-0.05, 0) is 60.2 Å². The van der Waals surface area contributed by atoms with Gasteiger partial charge in [0.1, 0.15) is 0 Å². The van der Waals surface area contributed by atoms with Gasteiger partial charge in [-0.15, -0.1) is 0 Å². The third-order valence-electron chi connectivity index (χ3n) is 4.03. The number of nitrogens with zero attached hydrogens (tertiary/aromatic N) is 4. The molecular weight excluding hydrogens is 302 g/mol. The van der Waals surface area contributed by atoms with Crippen molar-refractivity contribution >= 4 is 16.8 Å². The van der Waals surface area contributed by atoms with Crippen molar-refractivity contribution in [1.29, 1.82) is 0 Å². The van der Waals surface area contributed by atoms with Gasteiger partial charge in [-0.2, -0.15) is 5.10 Å². The van der Waals surface area contributed by atoms with Crippen molar-refractivity contribution in [2.24, 2.45) is 0 Å². The van der Waals surface area contributed by atoms with Crippen molar-refractivity contribution in [2.75, 3.05) is 54.4 Å². The monoisotopic (exact) mass is 331 g/mol. The molecular formula is C18H29N5O. The molecule has 0 unspecified atom stereocenters. The molecule has 0 aliphatic carbocycles. The first-order valence-corrected chi connectivity index (χ1v) is 8.51. The average Bonchev–Trinajstić information content (AvgIpc) is 2.96. The lowest BCUT2D eigenvalue weighted by Crippen LogP contribution is -2.35. The summed E-state index contributed by atoms with van der Waals surface area (Å²) in [5, 5.41) is 8.12. The molecule has 6 heteroatoms. The highest BCUT2D eigenvalue weighted by Crippen LogP contribution is 2.17. The quantitative estimate of drug-likeness (QED) is 0.763. The van der Waals surface area contributed by atoms with Crippen LogP contribution in [0.3, 0.4) is 0 Å². The molecule has 132 valence electrons. The number of H-pyrrole nitrogens is 1. The minimum atomic E-state index is 0.0185. The highest BCUT2D eigenvalue weighted by Gasteiger charge is 2.20. The third kappa shape index (κ3) is 5.04. The maximum atomic E-state index is 13.0. The molecule has 0 aliphatic rings. The second-order valence-electron chi connectivity index (χ2n) is 6.72. The smallest absolute Gasteiger partial charge is 0.274 e. The molecule has 0 spiro atoms. The van der Waals surface area contributed by atoms with E-state index < -0.39 is 0 Å². The molecule has 0 atom stereocenters. The highest BCUT2D eigenvalue weighted by molar-refractivity contribution is 6.04. The number of aromatic amines is 1. The number of hydrogen-bond acceptors (Lipinski definition) is 4. The van der Waals surface area contributed by atoms with Crippen LogP contribution in [-0.4, -0.2) is 85.2 Å². The van der Waals surface area contributed by atoms with E-state index in [1.54, 1.807) is 0 Å². The van der Waals surface area contributed by atoms with Gasteiger partial charge in [0.15, 0.2) is 5.69 Å². The Morgan fingerprint density at radius 2 is 1.54 bits per heavy atom. The van der Waals surface area contributed by atoms with Crippen molar-refractivity contribution in [2.45, 2.75) is 12.8 Å². The number of fused-ring (bicyclic) bond motifs is 1. The van der Waals surface area contributed by atoms with Crippen LogP contribution in [0.4, 0.5) is 0 Å². The van der Waals surface area contributed by atoms with Gasteiger partial charge in [0.2, 0.25) is 0 Å². The van der Waals surface area contributed by atoms with Crippen LogP contribution in [0.2, 0.25) is 0 Å². The molecule has 24 heavy (non-hydrogen) atoms. The Labute approximate surface area is 144 Å². The molecule has 6 nitrogen and oxygen atoms in total. The zero-order valence-corrected chi connectivity index (χ0v) is 15.2. The van der Waals surface area contributed by atoms with Crippen molar-refractivity contribution in [1.82, 2.24) is 24.9 Å². The molecule has 1 aromatic heterocycles. The Balaban J connectivity index is 2.09. The predicted octanol–water partition coefficient (Wildman–Crippen LogP) is 1.91. The van der Waals surface area contributed by atoms with E-state index >= 15 is 0 Å². The van der Waals surface area contributed by atoms with E-state index in [9.17, 15) is 4.79 Å². The first-order chi connectivity index (χ1) is 11.5. The van der Waals surface area contributed by atoms with Crippen molar-refractivity contribution in [3.05, 3.63) is 30.0 Å². The van der Waals surface area contributed by atoms with E-state index in [0.29, 0.717) is 5.69 Å². The SMILES string of the molecule is CN(C)CCCN(CCCN(C)C)C(=O)c1n[nH]c2ccccc12. The Bertz CT molecular complexity index is 636. The first kappa shape index (κ1) is 18.4. The van der Waals surface area contributed by atoms with Gasteiger partial charge in [0.05, 0.1) is 5.52 Å². The van der Waals surface area contributed by atoms with Gasteiger partial charge in [-0.1, -0.05) is 18.2 Å². The van der Waals surface area contributed by atoms with Crippen LogP contribution in [-0.2, 0) is 0 Å². The maximum absolute atomic E-state index is 13.0. The summed E-state index contributed by atoms with van der Waals surface area (Å²) in [4.78, 5) is 19.2. The minimum absolute atomic E-state index is 0.0185. The summed E-state index contributed by atoms with van der Waals surface area (Å²) < 4.78 is 0. The topological polar surface area (TPSA) is 55.5 Å². The van der Waals surface area contributed by atoms with Crippen LogP contribution < -0.4 is 0 Å². The number of hydrogen-bond donors (Lipinski definition) is 1. The van der Waals surface area contributed by atoms with E-state index in [0.717, 1.165) is 49.9 Å². The fraction of sp³-hybridized carbons (Fsp3) is 0.556. The Morgan fingerprint density at radius 3 is 2.12 bits per heavy atom. The van der Waals surface area contributed by atoms with E-state index in [4.69, 9.17) is 0 Å². The molecule has 0 aliphatic heterocycles. The number of carbonyl (C=O) groups is 1. The third-order valence-corrected chi connectivity index (χ3v) is 4.03. The largest absolute Gasteiger partial charge is 0.337 e. The lowest BCUT2D eigenvalue weighted by atomic mass is 10.2. The van der Waals surface area contributed by atoms with Gasteiger partial charge in [-0.3, -0.25) is 9.89 Å². The van der Waals surface area contributed by atoms with Crippen LogP contribution in [0.15, 0.2) is 24.3 Å². The molecule has 0 saturated heterocycles. The summed E-state index contributed by atoms with van der Waals surface area (Å²) in [6.45, 7) is 3.45. The Hall–Kier alpha value is -1.92. The minimum Gasteiger partial charge on any atom is -0.337 e. The maximum Gasteiger partial charge on any atom is 0.274 e. The Morgan fingerprint density at radius 1 is 0.958 bits per heavy atom. The van der Waals surface area contributed by atoms with Crippen LogP contribution in [0.25, 0.3) is 10.9 Å². The van der Waals surface area contributed by atoms with Crippen molar-refractivity contribution < 1.29 is 4.79 Å². The van der Waals surface area contributed by atoms with Crippen LogP contribution in [0.5, 0.6) is 0 Å². The number of benzene rings is 1. The molecule has 0 bridgehead atoms. The lowest BCUT2D eigenvalue weighted by Gasteiger charge is -2.23. The van der Waals surface area contributed by atoms with E-state index in [1.165, 1.54) is 0 Å². The molecule has 1 amide bonds. The molecule has 0 radical (unpaired) electrons. The molecule has 0 fully saturated rings. The summed E-state index contributed by atoms with van der Waals surface area (Å²) in [5.74, 6) is 0.0185. The molecule has 2 rings (SSSR count).